The molecule has 0 saturated heterocycles. The van der Waals surface area contributed by atoms with Gasteiger partial charge in [0.2, 0.25) is 0 Å². The van der Waals surface area contributed by atoms with Gasteiger partial charge in [0, 0.05) is 21.5 Å². The van der Waals surface area contributed by atoms with E-state index in [0.717, 1.165) is 33.2 Å². The zero-order chi connectivity index (χ0) is 14.7. The molecule has 0 bridgehead atoms. The lowest BCUT2D eigenvalue weighted by atomic mass is 10.1. The third-order valence-corrected chi connectivity index (χ3v) is 5.31. The molecule has 0 saturated carbocycles. The highest BCUT2D eigenvalue weighted by Crippen LogP contribution is 2.34. The standard InChI is InChI=1S/C15H18BrClN2S/c1-4-18-8-13-14(9(2)3)19-15(20-13)10-5-6-12(17)11(16)7-10/h5-7,9,18H,4,8H2,1-3H3. The number of rotatable bonds is 5. The van der Waals surface area contributed by atoms with Crippen LogP contribution in [-0.4, -0.2) is 11.5 Å². The Labute approximate surface area is 137 Å². The van der Waals surface area contributed by atoms with Gasteiger partial charge in [-0.1, -0.05) is 38.4 Å². The van der Waals surface area contributed by atoms with Crippen molar-refractivity contribution in [3.8, 4) is 10.6 Å². The van der Waals surface area contributed by atoms with Gasteiger partial charge in [-0.15, -0.1) is 11.3 Å². The van der Waals surface area contributed by atoms with Crippen LogP contribution in [0.1, 0.15) is 37.3 Å². The van der Waals surface area contributed by atoms with Gasteiger partial charge in [-0.2, -0.15) is 0 Å². The number of benzene rings is 1. The molecule has 2 nitrogen and oxygen atoms in total. The SMILES string of the molecule is CCNCc1sc(-c2ccc(Cl)c(Br)c2)nc1C(C)C. The van der Waals surface area contributed by atoms with E-state index in [-0.39, 0.29) is 0 Å². The van der Waals surface area contributed by atoms with Crippen molar-refractivity contribution < 1.29 is 0 Å². The minimum absolute atomic E-state index is 0.435. The summed E-state index contributed by atoms with van der Waals surface area (Å²) in [4.78, 5) is 6.14. The molecule has 1 heterocycles. The number of aromatic nitrogens is 1. The number of nitrogens with zero attached hydrogens (tertiary/aromatic N) is 1. The smallest absolute Gasteiger partial charge is 0.123 e. The number of halogens is 2. The molecule has 0 aliphatic carbocycles. The van der Waals surface area contributed by atoms with Crippen LogP contribution in [0.2, 0.25) is 5.02 Å². The van der Waals surface area contributed by atoms with E-state index in [9.17, 15) is 0 Å². The summed E-state index contributed by atoms with van der Waals surface area (Å²) >= 11 is 11.3. The molecule has 0 aliphatic heterocycles. The first kappa shape index (κ1) is 16.0. The van der Waals surface area contributed by atoms with Gasteiger partial charge in [-0.25, -0.2) is 4.98 Å². The molecule has 0 amide bonds. The zero-order valence-electron chi connectivity index (χ0n) is 11.8. The van der Waals surface area contributed by atoms with Crippen molar-refractivity contribution in [2.75, 3.05) is 6.54 Å². The van der Waals surface area contributed by atoms with Crippen LogP contribution in [0.4, 0.5) is 0 Å². The summed E-state index contributed by atoms with van der Waals surface area (Å²) in [5.41, 5.74) is 2.30. The van der Waals surface area contributed by atoms with Crippen molar-refractivity contribution in [3.63, 3.8) is 0 Å². The maximum absolute atomic E-state index is 6.05. The molecule has 1 N–H and O–H groups in total. The molecule has 0 aliphatic rings. The average Bonchev–Trinajstić information content (AvgIpc) is 2.84. The number of thiazole rings is 1. The van der Waals surface area contributed by atoms with Crippen molar-refractivity contribution in [1.82, 2.24) is 10.3 Å². The normalized spacial score (nSPS) is 11.3. The topological polar surface area (TPSA) is 24.9 Å². The molecule has 20 heavy (non-hydrogen) atoms. The van der Waals surface area contributed by atoms with Crippen LogP contribution in [-0.2, 0) is 6.54 Å². The van der Waals surface area contributed by atoms with Gasteiger partial charge in [0.1, 0.15) is 5.01 Å². The van der Waals surface area contributed by atoms with Gasteiger partial charge in [0.25, 0.3) is 0 Å². The molecular weight excluding hydrogens is 356 g/mol. The summed E-state index contributed by atoms with van der Waals surface area (Å²) in [7, 11) is 0. The lowest BCUT2D eigenvalue weighted by molar-refractivity contribution is 0.714. The third kappa shape index (κ3) is 3.61. The highest BCUT2D eigenvalue weighted by Gasteiger charge is 2.15. The molecule has 0 radical (unpaired) electrons. The average molecular weight is 374 g/mol. The highest BCUT2D eigenvalue weighted by atomic mass is 79.9. The van der Waals surface area contributed by atoms with E-state index >= 15 is 0 Å². The van der Waals surface area contributed by atoms with Crippen LogP contribution in [0, 0.1) is 0 Å². The molecule has 0 fully saturated rings. The van der Waals surface area contributed by atoms with Crippen molar-refractivity contribution in [2.45, 2.75) is 33.2 Å². The fourth-order valence-electron chi connectivity index (χ4n) is 1.93. The van der Waals surface area contributed by atoms with E-state index in [1.807, 2.05) is 18.2 Å². The Morgan fingerprint density at radius 2 is 2.15 bits per heavy atom. The van der Waals surface area contributed by atoms with Gasteiger partial charge in [-0.3, -0.25) is 0 Å². The molecule has 1 aromatic heterocycles. The Morgan fingerprint density at radius 3 is 2.75 bits per heavy atom. The van der Waals surface area contributed by atoms with Crippen molar-refractivity contribution >= 4 is 38.9 Å². The maximum Gasteiger partial charge on any atom is 0.123 e. The fraction of sp³-hybridized carbons (Fsp3) is 0.400. The maximum atomic E-state index is 6.05. The van der Waals surface area contributed by atoms with Gasteiger partial charge in [0.05, 0.1) is 10.7 Å². The summed E-state index contributed by atoms with van der Waals surface area (Å²) in [6, 6.07) is 5.96. The first-order valence-corrected chi connectivity index (χ1v) is 8.67. The van der Waals surface area contributed by atoms with E-state index < -0.39 is 0 Å². The Hall–Kier alpha value is -0.420. The molecule has 5 heteroatoms. The van der Waals surface area contributed by atoms with Crippen LogP contribution >= 0.6 is 38.9 Å². The molecular formula is C15H18BrClN2S. The van der Waals surface area contributed by atoms with Crippen LogP contribution in [0.3, 0.4) is 0 Å². The molecule has 0 spiro atoms. The third-order valence-electron chi connectivity index (χ3n) is 2.98. The highest BCUT2D eigenvalue weighted by molar-refractivity contribution is 9.10. The lowest BCUT2D eigenvalue weighted by Crippen LogP contribution is -2.12. The Kier molecular flexibility index (Phi) is 5.61. The molecule has 0 atom stereocenters. The first-order chi connectivity index (χ1) is 9.52. The van der Waals surface area contributed by atoms with Crippen molar-refractivity contribution in [1.29, 1.82) is 0 Å². The lowest BCUT2D eigenvalue weighted by Gasteiger charge is -2.04. The van der Waals surface area contributed by atoms with Crippen LogP contribution < -0.4 is 5.32 Å². The predicted octanol–water partition coefficient (Wildman–Crippen LogP) is 5.46. The van der Waals surface area contributed by atoms with Gasteiger partial charge in [0.15, 0.2) is 0 Å². The Bertz CT molecular complexity index is 596. The first-order valence-electron chi connectivity index (χ1n) is 6.68. The fourth-order valence-corrected chi connectivity index (χ4v) is 3.61. The van der Waals surface area contributed by atoms with Crippen LogP contribution in [0.25, 0.3) is 10.6 Å². The zero-order valence-corrected chi connectivity index (χ0v) is 15.0. The number of hydrogen-bond donors (Lipinski definition) is 1. The molecule has 2 aromatic rings. The summed E-state index contributed by atoms with van der Waals surface area (Å²) in [5, 5.41) is 5.16. The minimum Gasteiger partial charge on any atom is -0.312 e. The minimum atomic E-state index is 0.435. The Balaban J connectivity index is 2.38. The van der Waals surface area contributed by atoms with E-state index in [4.69, 9.17) is 16.6 Å². The second kappa shape index (κ2) is 7.03. The number of nitrogens with one attached hydrogen (secondary N) is 1. The molecule has 1 aromatic carbocycles. The second-order valence-electron chi connectivity index (χ2n) is 4.89. The van der Waals surface area contributed by atoms with E-state index in [1.165, 1.54) is 10.6 Å². The largest absolute Gasteiger partial charge is 0.312 e. The van der Waals surface area contributed by atoms with Gasteiger partial charge < -0.3 is 5.32 Å². The van der Waals surface area contributed by atoms with Crippen LogP contribution in [0.5, 0.6) is 0 Å². The molecule has 108 valence electrons. The summed E-state index contributed by atoms with van der Waals surface area (Å²) in [6.45, 7) is 8.35. The van der Waals surface area contributed by atoms with Gasteiger partial charge in [-0.05, 0) is 40.5 Å². The van der Waals surface area contributed by atoms with E-state index in [1.54, 1.807) is 11.3 Å². The van der Waals surface area contributed by atoms with Gasteiger partial charge >= 0.3 is 0 Å². The summed E-state index contributed by atoms with van der Waals surface area (Å²) in [5.74, 6) is 0.435. The van der Waals surface area contributed by atoms with Crippen LogP contribution in [0.15, 0.2) is 22.7 Å². The summed E-state index contributed by atoms with van der Waals surface area (Å²) < 4.78 is 0.909. The Morgan fingerprint density at radius 1 is 1.40 bits per heavy atom. The second-order valence-corrected chi connectivity index (χ2v) is 7.24. The summed E-state index contributed by atoms with van der Waals surface area (Å²) in [6.07, 6.45) is 0. The predicted molar refractivity (Wildman–Crippen MR) is 91.7 cm³/mol. The van der Waals surface area contributed by atoms with Crippen molar-refractivity contribution in [3.05, 3.63) is 38.3 Å². The number of hydrogen-bond acceptors (Lipinski definition) is 3. The van der Waals surface area contributed by atoms with E-state index in [2.05, 4.69) is 42.0 Å². The monoisotopic (exact) mass is 372 g/mol. The quantitative estimate of drug-likeness (QED) is 0.753. The van der Waals surface area contributed by atoms with Crippen molar-refractivity contribution in [2.24, 2.45) is 0 Å². The molecule has 2 rings (SSSR count). The van der Waals surface area contributed by atoms with E-state index in [0.29, 0.717) is 5.92 Å². The molecule has 0 unspecified atom stereocenters.